The molecule has 0 amide bonds. The maximum Gasteiger partial charge on any atom is 0.358 e. The Morgan fingerprint density at radius 3 is 3.17 bits per heavy atom. The van der Waals surface area contributed by atoms with E-state index in [1.165, 1.54) is 11.3 Å². The molecule has 18 heavy (non-hydrogen) atoms. The smallest absolute Gasteiger partial charge is 0.358 e. The summed E-state index contributed by atoms with van der Waals surface area (Å²) in [5, 5.41) is 0. The molecule has 3 rings (SSSR count). The Kier molecular flexibility index (Phi) is 2.45. The van der Waals surface area contributed by atoms with Gasteiger partial charge in [-0.3, -0.25) is 4.40 Å². The van der Waals surface area contributed by atoms with Gasteiger partial charge in [0.2, 0.25) is 0 Å². The molecule has 0 atom stereocenters. The van der Waals surface area contributed by atoms with Gasteiger partial charge < -0.3 is 10.5 Å². The highest BCUT2D eigenvalue weighted by Crippen LogP contribution is 2.28. The summed E-state index contributed by atoms with van der Waals surface area (Å²) in [5.41, 5.74) is 7.78. The number of thiazole rings is 1. The second kappa shape index (κ2) is 3.99. The number of hydrogen-bond donors (Lipinski definition) is 1. The number of rotatable bonds is 2. The van der Waals surface area contributed by atoms with Gasteiger partial charge in [-0.1, -0.05) is 11.3 Å². The highest BCUT2D eigenvalue weighted by Gasteiger charge is 2.14. The number of ether oxygens (including phenoxy) is 1. The maximum atomic E-state index is 11.6. The zero-order valence-electron chi connectivity index (χ0n) is 9.71. The number of aromatic nitrogens is 2. The molecule has 92 valence electrons. The molecule has 0 unspecified atom stereocenters. The lowest BCUT2D eigenvalue weighted by Gasteiger charge is -1.96. The Labute approximate surface area is 107 Å². The topological polar surface area (TPSA) is 69.6 Å². The third kappa shape index (κ3) is 1.62. The van der Waals surface area contributed by atoms with Crippen molar-refractivity contribution in [2.75, 3.05) is 12.3 Å². The number of carbonyl (C=O) groups is 1. The first-order valence-electron chi connectivity index (χ1n) is 5.53. The summed E-state index contributed by atoms with van der Waals surface area (Å²) in [7, 11) is 0. The van der Waals surface area contributed by atoms with E-state index in [-0.39, 0.29) is 0 Å². The molecule has 2 N–H and O–H groups in total. The molecule has 2 aromatic heterocycles. The number of nitrogens with zero attached hydrogens (tertiary/aromatic N) is 2. The standard InChI is InChI=1S/C12H11N3O2S/c1-2-17-11(16)8-6-15-9-4-3-7(13)5-10(9)18-12(15)14-8/h3-6H,2,13H2,1H3. The zero-order valence-corrected chi connectivity index (χ0v) is 10.5. The van der Waals surface area contributed by atoms with Crippen LogP contribution in [0.25, 0.3) is 15.2 Å². The van der Waals surface area contributed by atoms with Gasteiger partial charge in [-0.2, -0.15) is 0 Å². The van der Waals surface area contributed by atoms with Gasteiger partial charge in [-0.25, -0.2) is 9.78 Å². The molecule has 0 aliphatic carbocycles. The van der Waals surface area contributed by atoms with Gasteiger partial charge in [0, 0.05) is 11.9 Å². The van der Waals surface area contributed by atoms with Crippen LogP contribution >= 0.6 is 11.3 Å². The second-order valence-corrected chi connectivity index (χ2v) is 4.84. The number of imidazole rings is 1. The van der Waals surface area contributed by atoms with Gasteiger partial charge in [0.15, 0.2) is 10.7 Å². The number of fused-ring (bicyclic) bond motifs is 3. The van der Waals surface area contributed by atoms with E-state index in [0.29, 0.717) is 12.3 Å². The molecule has 0 saturated heterocycles. The molecule has 1 aromatic carbocycles. The zero-order chi connectivity index (χ0) is 12.7. The SMILES string of the molecule is CCOC(=O)c1cn2c(n1)sc1cc(N)ccc12. The van der Waals surface area contributed by atoms with Gasteiger partial charge in [0.05, 0.1) is 16.8 Å². The van der Waals surface area contributed by atoms with Crippen molar-refractivity contribution in [3.8, 4) is 0 Å². The lowest BCUT2D eigenvalue weighted by molar-refractivity contribution is 0.0520. The Morgan fingerprint density at radius 1 is 1.56 bits per heavy atom. The first-order valence-corrected chi connectivity index (χ1v) is 6.35. The Balaban J connectivity index is 2.16. The van der Waals surface area contributed by atoms with Crippen LogP contribution in [0.2, 0.25) is 0 Å². The summed E-state index contributed by atoms with van der Waals surface area (Å²) in [4.78, 5) is 16.6. The van der Waals surface area contributed by atoms with Crippen molar-refractivity contribution in [1.82, 2.24) is 9.38 Å². The van der Waals surface area contributed by atoms with E-state index in [2.05, 4.69) is 4.98 Å². The van der Waals surface area contributed by atoms with Crippen LogP contribution in [0.5, 0.6) is 0 Å². The summed E-state index contributed by atoms with van der Waals surface area (Å²) in [6.07, 6.45) is 1.70. The molecule has 2 heterocycles. The fourth-order valence-corrected chi connectivity index (χ4v) is 2.88. The molecule has 0 radical (unpaired) electrons. The molecule has 0 spiro atoms. The maximum absolute atomic E-state index is 11.6. The van der Waals surface area contributed by atoms with Crippen molar-refractivity contribution in [2.45, 2.75) is 6.92 Å². The van der Waals surface area contributed by atoms with E-state index in [0.717, 1.165) is 20.9 Å². The fourth-order valence-electron chi connectivity index (χ4n) is 1.82. The highest BCUT2D eigenvalue weighted by atomic mass is 32.1. The van der Waals surface area contributed by atoms with Crippen molar-refractivity contribution < 1.29 is 9.53 Å². The summed E-state index contributed by atoms with van der Waals surface area (Å²) in [6.45, 7) is 2.12. The predicted octanol–water partition coefficient (Wildman–Crippen LogP) is 2.31. The quantitative estimate of drug-likeness (QED) is 0.567. The molecule has 0 saturated carbocycles. The van der Waals surface area contributed by atoms with Crippen LogP contribution in [0.4, 0.5) is 5.69 Å². The van der Waals surface area contributed by atoms with Gasteiger partial charge >= 0.3 is 5.97 Å². The lowest BCUT2D eigenvalue weighted by Crippen LogP contribution is -2.04. The monoisotopic (exact) mass is 261 g/mol. The summed E-state index contributed by atoms with van der Waals surface area (Å²) >= 11 is 1.50. The van der Waals surface area contributed by atoms with Crippen LogP contribution in [0.3, 0.4) is 0 Å². The minimum Gasteiger partial charge on any atom is -0.461 e. The minimum absolute atomic E-state index is 0.335. The molecule has 0 aliphatic rings. The van der Waals surface area contributed by atoms with Crippen molar-refractivity contribution in [3.05, 3.63) is 30.1 Å². The van der Waals surface area contributed by atoms with Crippen molar-refractivity contribution in [3.63, 3.8) is 0 Å². The van der Waals surface area contributed by atoms with E-state index in [9.17, 15) is 4.79 Å². The van der Waals surface area contributed by atoms with Crippen molar-refractivity contribution >= 4 is 38.2 Å². The number of hydrogen-bond acceptors (Lipinski definition) is 5. The molecule has 0 fully saturated rings. The molecule has 5 nitrogen and oxygen atoms in total. The van der Waals surface area contributed by atoms with E-state index in [1.54, 1.807) is 13.1 Å². The van der Waals surface area contributed by atoms with Crippen LogP contribution < -0.4 is 5.73 Å². The number of benzene rings is 1. The lowest BCUT2D eigenvalue weighted by atomic mass is 10.3. The Morgan fingerprint density at radius 2 is 2.39 bits per heavy atom. The third-order valence-electron chi connectivity index (χ3n) is 2.60. The van der Waals surface area contributed by atoms with Gasteiger partial charge in [-0.05, 0) is 25.1 Å². The normalized spacial score (nSPS) is 11.2. The second-order valence-electron chi connectivity index (χ2n) is 3.83. The third-order valence-corrected chi connectivity index (χ3v) is 3.62. The molecule has 3 aromatic rings. The first-order chi connectivity index (χ1) is 8.69. The average Bonchev–Trinajstić information content (AvgIpc) is 2.85. The van der Waals surface area contributed by atoms with Crippen LogP contribution in [-0.4, -0.2) is 22.0 Å². The minimum atomic E-state index is -0.392. The fraction of sp³-hybridized carbons (Fsp3) is 0.167. The highest BCUT2D eigenvalue weighted by molar-refractivity contribution is 7.23. The average molecular weight is 261 g/mol. The van der Waals surface area contributed by atoms with E-state index in [4.69, 9.17) is 10.5 Å². The van der Waals surface area contributed by atoms with Crippen LogP contribution in [-0.2, 0) is 4.74 Å². The van der Waals surface area contributed by atoms with Crippen molar-refractivity contribution in [2.24, 2.45) is 0 Å². The predicted molar refractivity (Wildman–Crippen MR) is 70.9 cm³/mol. The van der Waals surface area contributed by atoms with Crippen LogP contribution in [0.1, 0.15) is 17.4 Å². The van der Waals surface area contributed by atoms with Gasteiger partial charge in [0.1, 0.15) is 0 Å². The summed E-state index contributed by atoms with van der Waals surface area (Å²) in [5.74, 6) is -0.392. The van der Waals surface area contributed by atoms with Gasteiger partial charge in [0.25, 0.3) is 0 Å². The molecule has 0 aliphatic heterocycles. The number of esters is 1. The summed E-state index contributed by atoms with van der Waals surface area (Å²) < 4.78 is 7.86. The molecule has 0 bridgehead atoms. The number of nitrogens with two attached hydrogens (primary N) is 1. The number of carbonyl (C=O) groups excluding carboxylic acids is 1. The Hall–Kier alpha value is -2.08. The molecule has 6 heteroatoms. The van der Waals surface area contributed by atoms with Crippen LogP contribution in [0.15, 0.2) is 24.4 Å². The van der Waals surface area contributed by atoms with Crippen molar-refractivity contribution in [1.29, 1.82) is 0 Å². The molecular weight excluding hydrogens is 250 g/mol. The van der Waals surface area contributed by atoms with E-state index < -0.39 is 5.97 Å². The van der Waals surface area contributed by atoms with E-state index in [1.807, 2.05) is 22.6 Å². The molecular formula is C12H11N3O2S. The number of nitrogen functional groups attached to an aromatic ring is 1. The summed E-state index contributed by atoms with van der Waals surface area (Å²) in [6, 6.07) is 5.65. The number of anilines is 1. The Bertz CT molecular complexity index is 744. The first kappa shape index (κ1) is 11.0. The van der Waals surface area contributed by atoms with Gasteiger partial charge in [-0.15, -0.1) is 0 Å². The van der Waals surface area contributed by atoms with E-state index >= 15 is 0 Å². The largest absolute Gasteiger partial charge is 0.461 e. The van der Waals surface area contributed by atoms with Crippen LogP contribution in [0, 0.1) is 0 Å².